The fraction of sp³-hybridized carbons (Fsp3) is 0.0769. The zero-order chi connectivity index (χ0) is 22.2. The Morgan fingerprint density at radius 3 is 2.22 bits per heavy atom. The molecule has 6 heteroatoms. The molecular weight excluding hydrogens is 441 g/mol. The number of nitrogens with zero attached hydrogens (tertiary/aromatic N) is 3. The maximum absolute atomic E-state index is 6.36. The number of hydrogen-bond donors (Lipinski definition) is 0. The van der Waals surface area contributed by atoms with Crippen LogP contribution in [0.3, 0.4) is 0 Å². The van der Waals surface area contributed by atoms with Crippen LogP contribution in [0.15, 0.2) is 78.9 Å². The minimum Gasteiger partial charge on any atom is -0.497 e. The van der Waals surface area contributed by atoms with Crippen molar-refractivity contribution >= 4 is 34.2 Å². The van der Waals surface area contributed by atoms with Gasteiger partial charge in [0.1, 0.15) is 5.75 Å². The number of halogens is 2. The molecule has 0 amide bonds. The van der Waals surface area contributed by atoms with Crippen molar-refractivity contribution in [1.29, 1.82) is 0 Å². The standard InChI is InChI=1S/C26H19Cl2N3O/c1-16-25-21(18-10-13-22(27)23(28)14-18)15-24(17-8-11-20(32-2)12-9-17)29-26(25)31(30-16)19-6-4-3-5-7-19/h3-15H,1-2H3. The summed E-state index contributed by atoms with van der Waals surface area (Å²) >= 11 is 12.5. The number of aromatic nitrogens is 3. The first kappa shape index (κ1) is 20.6. The molecule has 0 bridgehead atoms. The van der Waals surface area contributed by atoms with Crippen LogP contribution >= 0.6 is 23.2 Å². The van der Waals surface area contributed by atoms with Crippen LogP contribution in [0, 0.1) is 6.92 Å². The highest BCUT2D eigenvalue weighted by Gasteiger charge is 2.18. The number of rotatable bonds is 4. The van der Waals surface area contributed by atoms with Crippen LogP contribution in [0.5, 0.6) is 5.75 Å². The molecule has 0 radical (unpaired) electrons. The van der Waals surface area contributed by atoms with Gasteiger partial charge in [-0.15, -0.1) is 0 Å². The summed E-state index contributed by atoms with van der Waals surface area (Å²) in [5.74, 6) is 0.796. The molecule has 0 unspecified atom stereocenters. The molecule has 0 atom stereocenters. The van der Waals surface area contributed by atoms with Gasteiger partial charge in [-0.3, -0.25) is 0 Å². The Morgan fingerprint density at radius 2 is 1.53 bits per heavy atom. The fourth-order valence-corrected chi connectivity index (χ4v) is 4.14. The van der Waals surface area contributed by atoms with E-state index in [4.69, 9.17) is 38.0 Å². The molecule has 0 N–H and O–H groups in total. The van der Waals surface area contributed by atoms with Crippen molar-refractivity contribution in [2.24, 2.45) is 0 Å². The Labute approximate surface area is 196 Å². The molecular formula is C26H19Cl2N3O. The molecule has 5 aromatic rings. The molecule has 0 spiro atoms. The summed E-state index contributed by atoms with van der Waals surface area (Å²) in [7, 11) is 1.66. The summed E-state index contributed by atoms with van der Waals surface area (Å²) < 4.78 is 7.20. The van der Waals surface area contributed by atoms with Crippen LogP contribution in [0.25, 0.3) is 39.1 Å². The lowest BCUT2D eigenvalue weighted by Crippen LogP contribution is -1.98. The average molecular weight is 460 g/mol. The SMILES string of the molecule is COc1ccc(-c2cc(-c3ccc(Cl)c(Cl)c3)c3c(C)nn(-c4ccccc4)c3n2)cc1. The van der Waals surface area contributed by atoms with E-state index < -0.39 is 0 Å². The van der Waals surface area contributed by atoms with E-state index in [0.29, 0.717) is 10.0 Å². The normalized spacial score (nSPS) is 11.1. The molecule has 0 aliphatic carbocycles. The molecule has 3 aromatic carbocycles. The van der Waals surface area contributed by atoms with Gasteiger partial charge in [0, 0.05) is 5.56 Å². The highest BCUT2D eigenvalue weighted by molar-refractivity contribution is 6.42. The molecule has 32 heavy (non-hydrogen) atoms. The van der Waals surface area contributed by atoms with E-state index in [9.17, 15) is 0 Å². The molecule has 5 rings (SSSR count). The van der Waals surface area contributed by atoms with Gasteiger partial charge in [-0.05, 0) is 72.6 Å². The predicted molar refractivity (Wildman–Crippen MR) is 131 cm³/mol. The molecule has 0 aliphatic heterocycles. The highest BCUT2D eigenvalue weighted by Crippen LogP contribution is 2.37. The number of benzene rings is 3. The molecule has 0 saturated carbocycles. The van der Waals surface area contributed by atoms with Crippen molar-refractivity contribution in [2.75, 3.05) is 7.11 Å². The van der Waals surface area contributed by atoms with E-state index in [1.54, 1.807) is 7.11 Å². The van der Waals surface area contributed by atoms with E-state index in [0.717, 1.165) is 50.5 Å². The maximum atomic E-state index is 6.36. The predicted octanol–water partition coefficient (Wildman–Crippen LogP) is 7.38. The van der Waals surface area contributed by atoms with Gasteiger partial charge >= 0.3 is 0 Å². The van der Waals surface area contributed by atoms with Crippen molar-refractivity contribution in [3.05, 3.63) is 94.6 Å². The monoisotopic (exact) mass is 459 g/mol. The third kappa shape index (κ3) is 3.62. The lowest BCUT2D eigenvalue weighted by Gasteiger charge is -2.11. The summed E-state index contributed by atoms with van der Waals surface area (Å²) in [4.78, 5) is 5.02. The van der Waals surface area contributed by atoms with Gasteiger partial charge in [0.25, 0.3) is 0 Å². The van der Waals surface area contributed by atoms with Gasteiger partial charge in [0.2, 0.25) is 0 Å². The van der Waals surface area contributed by atoms with Crippen molar-refractivity contribution in [3.8, 4) is 33.8 Å². The largest absolute Gasteiger partial charge is 0.497 e. The lowest BCUT2D eigenvalue weighted by atomic mass is 9.99. The summed E-state index contributed by atoms with van der Waals surface area (Å²) in [5.41, 5.74) is 6.38. The van der Waals surface area contributed by atoms with Crippen LogP contribution in [0.4, 0.5) is 0 Å². The van der Waals surface area contributed by atoms with Crippen LogP contribution in [-0.2, 0) is 0 Å². The van der Waals surface area contributed by atoms with Gasteiger partial charge in [-0.25, -0.2) is 9.67 Å². The number of aryl methyl sites for hydroxylation is 1. The molecule has 0 aliphatic rings. The lowest BCUT2D eigenvalue weighted by molar-refractivity contribution is 0.415. The topological polar surface area (TPSA) is 39.9 Å². The number of methoxy groups -OCH3 is 1. The van der Waals surface area contributed by atoms with Gasteiger partial charge in [-0.2, -0.15) is 5.10 Å². The van der Waals surface area contributed by atoms with Gasteiger partial charge < -0.3 is 4.74 Å². The van der Waals surface area contributed by atoms with Gasteiger partial charge in [0.15, 0.2) is 5.65 Å². The summed E-state index contributed by atoms with van der Waals surface area (Å²) in [5, 5.41) is 6.83. The molecule has 2 aromatic heterocycles. The number of fused-ring (bicyclic) bond motifs is 1. The third-order valence-corrected chi connectivity index (χ3v) is 6.17. The van der Waals surface area contributed by atoms with Crippen LogP contribution in [0.2, 0.25) is 10.0 Å². The number of hydrogen-bond acceptors (Lipinski definition) is 3. The van der Waals surface area contributed by atoms with Crippen molar-refractivity contribution < 1.29 is 4.74 Å². The second-order valence-corrected chi connectivity index (χ2v) is 8.26. The molecule has 4 nitrogen and oxygen atoms in total. The Bertz CT molecular complexity index is 1430. The van der Waals surface area contributed by atoms with Crippen LogP contribution in [-0.4, -0.2) is 21.9 Å². The van der Waals surface area contributed by atoms with E-state index in [2.05, 4.69) is 6.07 Å². The van der Waals surface area contributed by atoms with Gasteiger partial charge in [-0.1, -0.05) is 47.5 Å². The fourth-order valence-electron chi connectivity index (χ4n) is 3.84. The number of pyridine rings is 1. The quantitative estimate of drug-likeness (QED) is 0.281. The highest BCUT2D eigenvalue weighted by atomic mass is 35.5. The molecule has 0 fully saturated rings. The first-order chi connectivity index (χ1) is 15.5. The van der Waals surface area contributed by atoms with E-state index >= 15 is 0 Å². The number of ether oxygens (including phenoxy) is 1. The molecule has 2 heterocycles. The van der Waals surface area contributed by atoms with Crippen LogP contribution in [0.1, 0.15) is 5.69 Å². The Balaban J connectivity index is 1.82. The Kier molecular flexibility index (Phi) is 5.33. The van der Waals surface area contributed by atoms with Crippen molar-refractivity contribution in [3.63, 3.8) is 0 Å². The smallest absolute Gasteiger partial charge is 0.164 e. The van der Waals surface area contributed by atoms with E-state index in [-0.39, 0.29) is 0 Å². The average Bonchev–Trinajstić information content (AvgIpc) is 3.17. The second-order valence-electron chi connectivity index (χ2n) is 7.44. The first-order valence-corrected chi connectivity index (χ1v) is 10.9. The van der Waals surface area contributed by atoms with Crippen LogP contribution < -0.4 is 4.74 Å². The Hall–Kier alpha value is -3.34. The minimum absolute atomic E-state index is 0.508. The first-order valence-electron chi connectivity index (χ1n) is 10.1. The van der Waals surface area contributed by atoms with Gasteiger partial charge in [0.05, 0.1) is 39.6 Å². The summed E-state index contributed by atoms with van der Waals surface area (Å²) in [6, 6.07) is 25.6. The molecule has 0 saturated heterocycles. The van der Waals surface area contributed by atoms with Crippen molar-refractivity contribution in [2.45, 2.75) is 6.92 Å². The number of para-hydroxylation sites is 1. The zero-order valence-corrected chi connectivity index (χ0v) is 19.0. The second kappa shape index (κ2) is 8.30. The summed E-state index contributed by atoms with van der Waals surface area (Å²) in [6.45, 7) is 2.00. The van der Waals surface area contributed by atoms with Crippen molar-refractivity contribution in [1.82, 2.24) is 14.8 Å². The summed E-state index contributed by atoms with van der Waals surface area (Å²) in [6.07, 6.45) is 0. The Morgan fingerprint density at radius 1 is 0.812 bits per heavy atom. The van der Waals surface area contributed by atoms with E-state index in [1.807, 2.05) is 84.4 Å². The third-order valence-electron chi connectivity index (χ3n) is 5.43. The maximum Gasteiger partial charge on any atom is 0.164 e. The zero-order valence-electron chi connectivity index (χ0n) is 17.5. The minimum atomic E-state index is 0.508. The molecule has 158 valence electrons. The van der Waals surface area contributed by atoms with E-state index in [1.165, 1.54) is 0 Å².